The lowest BCUT2D eigenvalue weighted by Gasteiger charge is -2.35. The van der Waals surface area contributed by atoms with Gasteiger partial charge in [0, 0.05) is 32.7 Å². The smallest absolute Gasteiger partial charge is 0.320 e. The normalized spacial score (nSPS) is 15.9. The number of nitrogens with zero attached hydrogens (tertiary/aromatic N) is 2. The maximum Gasteiger partial charge on any atom is 0.320 e. The third-order valence-corrected chi connectivity index (χ3v) is 5.15. The lowest BCUT2D eigenvalue weighted by molar-refractivity contribution is -0.140. The van der Waals surface area contributed by atoms with E-state index in [4.69, 9.17) is 5.11 Å². The zero-order valence-corrected chi connectivity index (χ0v) is 18.0. The number of carbonyl (C=O) groups excluding carboxylic acids is 1. The summed E-state index contributed by atoms with van der Waals surface area (Å²) in [6.45, 7) is 10.4. The molecule has 1 aliphatic heterocycles. The van der Waals surface area contributed by atoms with Crippen molar-refractivity contribution in [2.24, 2.45) is 0 Å². The van der Waals surface area contributed by atoms with Gasteiger partial charge in [-0.1, -0.05) is 51.5 Å². The van der Waals surface area contributed by atoms with E-state index < -0.39 is 12.0 Å². The van der Waals surface area contributed by atoms with Gasteiger partial charge >= 0.3 is 5.97 Å². The molecule has 1 fully saturated rings. The highest BCUT2D eigenvalue weighted by atomic mass is 35.5. The van der Waals surface area contributed by atoms with E-state index in [1.165, 1.54) is 11.1 Å². The van der Waals surface area contributed by atoms with Crippen LogP contribution >= 0.6 is 12.4 Å². The number of nitrogens with one attached hydrogen (secondary N) is 1. The van der Waals surface area contributed by atoms with Crippen molar-refractivity contribution in [3.8, 4) is 0 Å². The average molecular weight is 412 g/mol. The van der Waals surface area contributed by atoms with E-state index in [2.05, 4.69) is 48.3 Å². The quantitative estimate of drug-likeness (QED) is 0.653. The molecule has 0 radical (unpaired) electrons. The number of piperazine rings is 1. The van der Waals surface area contributed by atoms with Crippen LogP contribution in [0, 0.1) is 0 Å². The van der Waals surface area contributed by atoms with Gasteiger partial charge in [0.25, 0.3) is 0 Å². The van der Waals surface area contributed by atoms with Crippen LogP contribution < -0.4 is 5.32 Å². The molecule has 1 saturated heterocycles. The lowest BCUT2D eigenvalue weighted by Crippen LogP contribution is -2.51. The van der Waals surface area contributed by atoms with Crippen LogP contribution in [0.5, 0.6) is 0 Å². The zero-order chi connectivity index (χ0) is 19.8. The molecule has 0 bridgehead atoms. The molecule has 0 aliphatic carbocycles. The second-order valence-corrected chi connectivity index (χ2v) is 7.61. The number of rotatable bonds is 9. The average Bonchev–Trinajstić information content (AvgIpc) is 2.65. The molecule has 1 aromatic rings. The minimum atomic E-state index is -0.891. The van der Waals surface area contributed by atoms with Crippen LogP contribution in [0.2, 0.25) is 0 Å². The first-order chi connectivity index (χ1) is 12.9. The molecule has 1 aromatic carbocycles. The molecular weight excluding hydrogens is 378 g/mol. The second-order valence-electron chi connectivity index (χ2n) is 7.61. The molecule has 1 unspecified atom stereocenters. The van der Waals surface area contributed by atoms with Crippen LogP contribution in [-0.4, -0.2) is 65.5 Å². The maximum atomic E-state index is 12.3. The monoisotopic (exact) mass is 411 g/mol. The Bertz CT molecular complexity index is 614. The third kappa shape index (κ3) is 7.41. The van der Waals surface area contributed by atoms with Gasteiger partial charge in [0.2, 0.25) is 5.91 Å². The van der Waals surface area contributed by atoms with Gasteiger partial charge in [0.15, 0.2) is 0 Å². The summed E-state index contributed by atoms with van der Waals surface area (Å²) in [5, 5.41) is 12.0. The van der Waals surface area contributed by atoms with Gasteiger partial charge in [-0.25, -0.2) is 0 Å². The van der Waals surface area contributed by atoms with Crippen molar-refractivity contribution in [3.63, 3.8) is 0 Å². The van der Waals surface area contributed by atoms with Crippen LogP contribution in [0.3, 0.4) is 0 Å². The van der Waals surface area contributed by atoms with Crippen molar-refractivity contribution >= 4 is 24.3 Å². The van der Waals surface area contributed by atoms with E-state index >= 15 is 0 Å². The lowest BCUT2D eigenvalue weighted by atomic mass is 10.0. The number of carboxylic acids is 1. The number of aliphatic carboxylic acids is 1. The topological polar surface area (TPSA) is 72.9 Å². The van der Waals surface area contributed by atoms with Crippen molar-refractivity contribution in [3.05, 3.63) is 35.4 Å². The Hall–Kier alpha value is -1.63. The molecule has 1 aliphatic rings. The fraction of sp³-hybridized carbons (Fsp3) is 0.619. The molecule has 1 heterocycles. The first kappa shape index (κ1) is 24.4. The van der Waals surface area contributed by atoms with Crippen molar-refractivity contribution in [1.29, 1.82) is 0 Å². The first-order valence-corrected chi connectivity index (χ1v) is 9.95. The Labute approximate surface area is 174 Å². The predicted molar refractivity (Wildman–Crippen MR) is 114 cm³/mol. The summed E-state index contributed by atoms with van der Waals surface area (Å²) in [7, 11) is 0. The molecule has 0 spiro atoms. The fourth-order valence-electron chi connectivity index (χ4n) is 3.35. The number of carboxylic acid groups (broad SMARTS) is 1. The standard InChI is InChI=1S/C21H33N3O3.ClH/c1-4-5-19(21(26)27)22-14-20(25)24-12-10-23(11-13-24)15-17-6-8-18(9-7-17)16(2)3;/h6-9,16,19,22H,4-5,10-15H2,1-3H3,(H,26,27);1H. The number of halogens is 1. The summed E-state index contributed by atoms with van der Waals surface area (Å²) in [6, 6.07) is 8.13. The molecule has 7 heteroatoms. The highest BCUT2D eigenvalue weighted by Gasteiger charge is 2.23. The number of hydrogen-bond acceptors (Lipinski definition) is 4. The Balaban J connectivity index is 0.00000392. The van der Waals surface area contributed by atoms with Crippen LogP contribution in [0.4, 0.5) is 0 Å². The number of carbonyl (C=O) groups is 2. The number of benzene rings is 1. The molecule has 2 rings (SSSR count). The Kier molecular flexibility index (Phi) is 10.5. The molecule has 0 aromatic heterocycles. The van der Waals surface area contributed by atoms with Gasteiger partial charge in [-0.15, -0.1) is 12.4 Å². The highest BCUT2D eigenvalue weighted by molar-refractivity contribution is 5.85. The third-order valence-electron chi connectivity index (χ3n) is 5.15. The molecule has 1 atom stereocenters. The van der Waals surface area contributed by atoms with Gasteiger partial charge in [-0.2, -0.15) is 0 Å². The van der Waals surface area contributed by atoms with Crippen molar-refractivity contribution < 1.29 is 14.7 Å². The summed E-state index contributed by atoms with van der Waals surface area (Å²) in [4.78, 5) is 27.7. The molecule has 6 nitrogen and oxygen atoms in total. The minimum Gasteiger partial charge on any atom is -0.480 e. The van der Waals surface area contributed by atoms with Crippen molar-refractivity contribution in [2.75, 3.05) is 32.7 Å². The number of amides is 1. The summed E-state index contributed by atoms with van der Waals surface area (Å²) in [5.41, 5.74) is 2.65. The van der Waals surface area contributed by atoms with Gasteiger partial charge in [0.1, 0.15) is 6.04 Å². The van der Waals surface area contributed by atoms with E-state index in [-0.39, 0.29) is 24.9 Å². The predicted octanol–water partition coefficient (Wildman–Crippen LogP) is 2.72. The van der Waals surface area contributed by atoms with Crippen LogP contribution in [0.1, 0.15) is 50.7 Å². The van der Waals surface area contributed by atoms with Crippen molar-refractivity contribution in [1.82, 2.24) is 15.1 Å². The molecule has 158 valence electrons. The Morgan fingerprint density at radius 1 is 1.11 bits per heavy atom. The maximum absolute atomic E-state index is 12.3. The summed E-state index contributed by atoms with van der Waals surface area (Å²) < 4.78 is 0. The Morgan fingerprint density at radius 3 is 2.21 bits per heavy atom. The van der Waals surface area contributed by atoms with Gasteiger partial charge in [-0.05, 0) is 23.5 Å². The van der Waals surface area contributed by atoms with E-state index in [1.807, 2.05) is 11.8 Å². The molecule has 2 N–H and O–H groups in total. The first-order valence-electron chi connectivity index (χ1n) is 9.95. The van der Waals surface area contributed by atoms with E-state index in [0.29, 0.717) is 25.4 Å². The van der Waals surface area contributed by atoms with Crippen LogP contribution in [0.15, 0.2) is 24.3 Å². The highest BCUT2D eigenvalue weighted by Crippen LogP contribution is 2.16. The van der Waals surface area contributed by atoms with E-state index in [9.17, 15) is 9.59 Å². The fourth-order valence-corrected chi connectivity index (χ4v) is 3.35. The van der Waals surface area contributed by atoms with E-state index in [1.54, 1.807) is 0 Å². The molecular formula is C21H34ClN3O3. The molecule has 28 heavy (non-hydrogen) atoms. The van der Waals surface area contributed by atoms with Gasteiger partial charge in [-0.3, -0.25) is 19.8 Å². The van der Waals surface area contributed by atoms with Crippen molar-refractivity contribution in [2.45, 2.75) is 52.1 Å². The second kappa shape index (κ2) is 12.0. The Morgan fingerprint density at radius 2 is 1.71 bits per heavy atom. The molecule has 1 amide bonds. The van der Waals surface area contributed by atoms with Gasteiger partial charge in [0.05, 0.1) is 6.54 Å². The summed E-state index contributed by atoms with van der Waals surface area (Å²) in [6.07, 6.45) is 1.31. The zero-order valence-electron chi connectivity index (χ0n) is 17.2. The minimum absolute atomic E-state index is 0. The van der Waals surface area contributed by atoms with Crippen LogP contribution in [0.25, 0.3) is 0 Å². The van der Waals surface area contributed by atoms with Gasteiger partial charge < -0.3 is 10.0 Å². The molecule has 0 saturated carbocycles. The van der Waals surface area contributed by atoms with Crippen LogP contribution in [-0.2, 0) is 16.1 Å². The SMILES string of the molecule is CCCC(NCC(=O)N1CCN(Cc2ccc(C(C)C)cc2)CC1)C(=O)O.Cl. The number of hydrogen-bond donors (Lipinski definition) is 2. The van der Waals surface area contributed by atoms with E-state index in [0.717, 1.165) is 26.1 Å². The summed E-state index contributed by atoms with van der Waals surface area (Å²) in [5.74, 6) is -0.364. The summed E-state index contributed by atoms with van der Waals surface area (Å²) >= 11 is 0. The largest absolute Gasteiger partial charge is 0.480 e.